The van der Waals surface area contributed by atoms with Gasteiger partial charge in [0.15, 0.2) is 0 Å². The zero-order valence-electron chi connectivity index (χ0n) is 17.9. The maximum Gasteiger partial charge on any atom is 0.323 e. The van der Waals surface area contributed by atoms with Crippen LogP contribution in [0.3, 0.4) is 0 Å². The molecule has 2 aromatic heterocycles. The minimum Gasteiger partial charge on any atom is -0.493 e. The van der Waals surface area contributed by atoms with Gasteiger partial charge in [0, 0.05) is 46.7 Å². The van der Waals surface area contributed by atoms with Crippen LogP contribution in [0.25, 0.3) is 33.2 Å². The van der Waals surface area contributed by atoms with E-state index in [1.54, 1.807) is 12.4 Å². The van der Waals surface area contributed by atoms with Gasteiger partial charge < -0.3 is 24.1 Å². The summed E-state index contributed by atoms with van der Waals surface area (Å²) >= 11 is 0. The lowest BCUT2D eigenvalue weighted by molar-refractivity contribution is -0.137. The van der Waals surface area contributed by atoms with Crippen LogP contribution in [-0.2, 0) is 11.3 Å². The number of carbonyl (C=O) groups is 1. The third-order valence-electron chi connectivity index (χ3n) is 5.49. The Morgan fingerprint density at radius 1 is 0.909 bits per heavy atom. The summed E-state index contributed by atoms with van der Waals surface area (Å²) < 4.78 is 13.5. The summed E-state index contributed by atoms with van der Waals surface area (Å²) in [6.45, 7) is 0.927. The number of nitrogens with zero attached hydrogens (tertiary/aromatic N) is 2. The topological polar surface area (TPSA) is 89.4 Å². The number of rotatable bonds is 9. The van der Waals surface area contributed by atoms with Crippen molar-refractivity contribution in [1.29, 1.82) is 0 Å². The Balaban J connectivity index is 1.20. The van der Waals surface area contributed by atoms with Crippen molar-refractivity contribution in [2.45, 2.75) is 13.0 Å². The van der Waals surface area contributed by atoms with E-state index in [4.69, 9.17) is 9.47 Å². The molecule has 5 aromatic rings. The second-order valence-corrected chi connectivity index (χ2v) is 7.69. The number of imidazole rings is 1. The molecule has 0 unspecified atom stereocenters. The summed E-state index contributed by atoms with van der Waals surface area (Å²) in [4.78, 5) is 18.7. The minimum atomic E-state index is -0.877. The highest BCUT2D eigenvalue weighted by atomic mass is 16.5. The van der Waals surface area contributed by atoms with Crippen LogP contribution < -0.4 is 9.47 Å². The van der Waals surface area contributed by atoms with Gasteiger partial charge in [-0.25, -0.2) is 4.98 Å². The molecule has 33 heavy (non-hydrogen) atoms. The average Bonchev–Trinajstić information content (AvgIpc) is 3.47. The number of hydrogen-bond acceptors (Lipinski definition) is 4. The molecule has 0 radical (unpaired) electrons. The Morgan fingerprint density at radius 2 is 1.64 bits per heavy atom. The lowest BCUT2D eigenvalue weighted by Crippen LogP contribution is -2.08. The number of carboxylic acids is 1. The standard InChI is InChI=1S/C26H23N3O4/c30-25(31)17-29-23-5-2-1-4-21(23)22-11-10-20(16-24(22)29)33-15-3-14-32-19-8-6-18(7-9-19)26-27-12-13-28-26/h1-2,4-13,16H,3,14-15,17H2,(H,27,28)(H,30,31). The Hall–Kier alpha value is -4.26. The van der Waals surface area contributed by atoms with Gasteiger partial charge in [0.2, 0.25) is 0 Å². The number of nitrogens with one attached hydrogen (secondary N) is 1. The number of benzene rings is 3. The van der Waals surface area contributed by atoms with E-state index >= 15 is 0 Å². The fourth-order valence-electron chi connectivity index (χ4n) is 4.00. The van der Waals surface area contributed by atoms with E-state index in [1.165, 1.54) is 0 Å². The summed E-state index contributed by atoms with van der Waals surface area (Å²) in [6, 6.07) is 21.4. The number of H-pyrrole nitrogens is 1. The molecule has 0 aliphatic rings. The Kier molecular flexibility index (Phi) is 5.68. The van der Waals surface area contributed by atoms with Gasteiger partial charge in [-0.2, -0.15) is 0 Å². The van der Waals surface area contributed by atoms with Crippen molar-refractivity contribution in [3.8, 4) is 22.9 Å². The molecule has 0 saturated heterocycles. The molecule has 5 rings (SSSR count). The van der Waals surface area contributed by atoms with Crippen LogP contribution in [0.2, 0.25) is 0 Å². The summed E-state index contributed by atoms with van der Waals surface area (Å²) in [5.41, 5.74) is 2.76. The highest BCUT2D eigenvalue weighted by Crippen LogP contribution is 2.31. The highest BCUT2D eigenvalue weighted by molar-refractivity contribution is 6.08. The summed E-state index contributed by atoms with van der Waals surface area (Å²) in [5.74, 6) is 1.46. The van der Waals surface area contributed by atoms with E-state index in [-0.39, 0.29) is 6.54 Å². The molecule has 0 bridgehead atoms. The molecule has 7 nitrogen and oxygen atoms in total. The first-order valence-corrected chi connectivity index (χ1v) is 10.8. The first-order chi connectivity index (χ1) is 16.2. The Labute approximate surface area is 190 Å². The third kappa shape index (κ3) is 4.39. The molecule has 7 heteroatoms. The number of para-hydroxylation sites is 1. The van der Waals surface area contributed by atoms with Crippen molar-refractivity contribution < 1.29 is 19.4 Å². The van der Waals surface area contributed by atoms with Gasteiger partial charge in [0.05, 0.1) is 18.7 Å². The summed E-state index contributed by atoms with van der Waals surface area (Å²) in [7, 11) is 0. The number of fused-ring (bicyclic) bond motifs is 3. The van der Waals surface area contributed by atoms with Crippen LogP contribution in [0, 0.1) is 0 Å². The highest BCUT2D eigenvalue weighted by Gasteiger charge is 2.13. The van der Waals surface area contributed by atoms with Crippen molar-refractivity contribution in [3.05, 3.63) is 79.1 Å². The van der Waals surface area contributed by atoms with Crippen LogP contribution in [0.4, 0.5) is 0 Å². The molecule has 0 atom stereocenters. The number of aromatic amines is 1. The number of carboxylic acid groups (broad SMARTS) is 1. The van der Waals surface area contributed by atoms with E-state index in [0.717, 1.165) is 45.4 Å². The molecule has 0 saturated carbocycles. The van der Waals surface area contributed by atoms with Gasteiger partial charge >= 0.3 is 5.97 Å². The number of ether oxygens (including phenoxy) is 2. The molecule has 2 heterocycles. The van der Waals surface area contributed by atoms with Crippen LogP contribution in [0.5, 0.6) is 11.5 Å². The predicted octanol–water partition coefficient (Wildman–Crippen LogP) is 5.12. The molecule has 166 valence electrons. The van der Waals surface area contributed by atoms with Gasteiger partial charge in [-0.1, -0.05) is 18.2 Å². The molecular formula is C26H23N3O4. The van der Waals surface area contributed by atoms with Crippen LogP contribution in [0.1, 0.15) is 6.42 Å². The van der Waals surface area contributed by atoms with Gasteiger partial charge in [-0.05, 0) is 42.5 Å². The second kappa shape index (κ2) is 9.08. The molecule has 3 aromatic carbocycles. The number of hydrogen-bond donors (Lipinski definition) is 2. The first-order valence-electron chi connectivity index (χ1n) is 10.8. The zero-order chi connectivity index (χ0) is 22.6. The Bertz CT molecular complexity index is 1390. The molecule has 0 fully saturated rings. The molecule has 0 amide bonds. The molecule has 0 aliphatic carbocycles. The lowest BCUT2D eigenvalue weighted by Gasteiger charge is -2.09. The number of aromatic nitrogens is 3. The van der Waals surface area contributed by atoms with E-state index in [2.05, 4.69) is 9.97 Å². The number of aliphatic carboxylic acids is 1. The van der Waals surface area contributed by atoms with Crippen molar-refractivity contribution in [2.24, 2.45) is 0 Å². The first kappa shape index (κ1) is 20.6. The molecule has 2 N–H and O–H groups in total. The summed E-state index contributed by atoms with van der Waals surface area (Å²) in [5, 5.41) is 11.4. The van der Waals surface area contributed by atoms with E-state index in [9.17, 15) is 9.90 Å². The van der Waals surface area contributed by atoms with Crippen molar-refractivity contribution in [3.63, 3.8) is 0 Å². The average molecular weight is 441 g/mol. The summed E-state index contributed by atoms with van der Waals surface area (Å²) in [6.07, 6.45) is 4.24. The van der Waals surface area contributed by atoms with Crippen LogP contribution in [0.15, 0.2) is 79.1 Å². The zero-order valence-corrected chi connectivity index (χ0v) is 17.9. The van der Waals surface area contributed by atoms with E-state index < -0.39 is 5.97 Å². The van der Waals surface area contributed by atoms with Crippen LogP contribution >= 0.6 is 0 Å². The predicted molar refractivity (Wildman–Crippen MR) is 127 cm³/mol. The molecular weight excluding hydrogens is 418 g/mol. The van der Waals surface area contributed by atoms with Crippen LogP contribution in [-0.4, -0.2) is 38.8 Å². The monoisotopic (exact) mass is 441 g/mol. The SMILES string of the molecule is O=C(O)Cn1c2ccccc2c2ccc(OCCCOc3ccc(-c4ncc[nH]4)cc3)cc21. The maximum absolute atomic E-state index is 11.4. The van der Waals surface area contributed by atoms with E-state index in [0.29, 0.717) is 19.0 Å². The van der Waals surface area contributed by atoms with Crippen molar-refractivity contribution >= 4 is 27.8 Å². The largest absolute Gasteiger partial charge is 0.493 e. The molecule has 0 spiro atoms. The van der Waals surface area contributed by atoms with Crippen molar-refractivity contribution in [1.82, 2.24) is 14.5 Å². The second-order valence-electron chi connectivity index (χ2n) is 7.69. The lowest BCUT2D eigenvalue weighted by atomic mass is 10.1. The van der Waals surface area contributed by atoms with Crippen molar-refractivity contribution in [2.75, 3.05) is 13.2 Å². The van der Waals surface area contributed by atoms with E-state index in [1.807, 2.05) is 71.3 Å². The quantitative estimate of drug-likeness (QED) is 0.310. The van der Waals surface area contributed by atoms with Gasteiger partial charge in [-0.3, -0.25) is 4.79 Å². The maximum atomic E-state index is 11.4. The molecule has 0 aliphatic heterocycles. The smallest absolute Gasteiger partial charge is 0.323 e. The third-order valence-corrected chi connectivity index (χ3v) is 5.49. The Morgan fingerprint density at radius 3 is 2.39 bits per heavy atom. The fraction of sp³-hybridized carbons (Fsp3) is 0.154. The minimum absolute atomic E-state index is 0.0972. The van der Waals surface area contributed by atoms with Gasteiger partial charge in [-0.15, -0.1) is 0 Å². The normalized spacial score (nSPS) is 11.2. The fourth-order valence-corrected chi connectivity index (χ4v) is 4.00. The van der Waals surface area contributed by atoms with Gasteiger partial charge in [0.1, 0.15) is 23.9 Å². The van der Waals surface area contributed by atoms with Gasteiger partial charge in [0.25, 0.3) is 0 Å².